The average molecular weight is 565 g/mol. The molecule has 3 N–H and O–H groups in total. The second kappa shape index (κ2) is 12.1. The highest BCUT2D eigenvalue weighted by Gasteiger charge is 2.35. The van der Waals surface area contributed by atoms with Gasteiger partial charge in [0.05, 0.1) is 48.9 Å². The molecule has 0 bridgehead atoms. The number of amides is 1. The van der Waals surface area contributed by atoms with Crippen molar-refractivity contribution in [2.45, 2.75) is 20.4 Å². The molecule has 1 aliphatic rings. The van der Waals surface area contributed by atoms with Crippen molar-refractivity contribution >= 4 is 49.9 Å². The van der Waals surface area contributed by atoms with Gasteiger partial charge in [-0.05, 0) is 26.0 Å². The minimum atomic E-state index is -4.43. The van der Waals surface area contributed by atoms with Crippen LogP contribution in [0.15, 0.2) is 22.8 Å². The zero-order valence-electron chi connectivity index (χ0n) is 19.6. The standard InChI is InChI=1S/C19H24N4O12S2/c1-3-34-18(26)14-12(16(24)22(20-14)8-10-36(28,29)30)6-5-7-13-15(19(27)35-4-2)21-23(17(13)25)9-11-37(31,32)33/h5-7,24H,3-4,8-11H2,1-2H3,(H,28,29,30)(H,31,32,33). The van der Waals surface area contributed by atoms with E-state index in [0.717, 1.165) is 22.9 Å². The van der Waals surface area contributed by atoms with E-state index in [1.165, 1.54) is 13.8 Å². The maximum atomic E-state index is 12.7. The summed E-state index contributed by atoms with van der Waals surface area (Å²) in [5, 5.41) is 18.7. The molecule has 204 valence electrons. The Kier molecular flexibility index (Phi) is 9.67. The number of rotatable bonds is 12. The molecule has 0 aliphatic carbocycles. The number of carbonyl (C=O) groups excluding carboxylic acids is 3. The number of hydrazone groups is 1. The first kappa shape index (κ1) is 29.6. The Hall–Kier alpha value is -3.61. The Balaban J connectivity index is 2.45. The number of aromatic nitrogens is 2. The van der Waals surface area contributed by atoms with Gasteiger partial charge in [-0.3, -0.25) is 13.9 Å². The van der Waals surface area contributed by atoms with Crippen LogP contribution in [0.4, 0.5) is 0 Å². The van der Waals surface area contributed by atoms with Gasteiger partial charge in [0, 0.05) is 0 Å². The number of nitrogens with zero attached hydrogens (tertiary/aromatic N) is 4. The molecule has 1 aromatic heterocycles. The quantitative estimate of drug-likeness (QED) is 0.161. The van der Waals surface area contributed by atoms with Crippen molar-refractivity contribution in [3.8, 4) is 5.88 Å². The lowest BCUT2D eigenvalue weighted by molar-refractivity contribution is -0.135. The van der Waals surface area contributed by atoms with E-state index in [-0.39, 0.29) is 24.4 Å². The molecule has 2 heterocycles. The zero-order valence-corrected chi connectivity index (χ0v) is 21.2. The van der Waals surface area contributed by atoms with Crippen LogP contribution in [0.3, 0.4) is 0 Å². The molecule has 0 saturated carbocycles. The summed E-state index contributed by atoms with van der Waals surface area (Å²) in [5.41, 5.74) is -1.41. The van der Waals surface area contributed by atoms with E-state index in [9.17, 15) is 36.3 Å². The van der Waals surface area contributed by atoms with Crippen molar-refractivity contribution in [1.29, 1.82) is 0 Å². The highest BCUT2D eigenvalue weighted by atomic mass is 32.2. The van der Waals surface area contributed by atoms with Crippen LogP contribution in [0.1, 0.15) is 29.9 Å². The number of allylic oxidation sites excluding steroid dienone is 2. The fourth-order valence-corrected chi connectivity index (χ4v) is 3.69. The monoisotopic (exact) mass is 564 g/mol. The van der Waals surface area contributed by atoms with Gasteiger partial charge in [-0.1, -0.05) is 6.08 Å². The molecule has 0 radical (unpaired) electrons. The van der Waals surface area contributed by atoms with Crippen LogP contribution in [-0.4, -0.2) is 101 Å². The molecular weight excluding hydrogens is 540 g/mol. The molecular formula is C19H24N4O12S2. The maximum absolute atomic E-state index is 12.7. The third kappa shape index (κ3) is 8.20. The molecule has 16 nitrogen and oxygen atoms in total. The summed E-state index contributed by atoms with van der Waals surface area (Å²) in [6, 6.07) is 0. The molecule has 1 amide bonds. The molecule has 0 atom stereocenters. The van der Waals surface area contributed by atoms with Crippen LogP contribution in [0.25, 0.3) is 6.08 Å². The highest BCUT2D eigenvalue weighted by Crippen LogP contribution is 2.25. The van der Waals surface area contributed by atoms with Gasteiger partial charge >= 0.3 is 11.9 Å². The number of carbonyl (C=O) groups is 3. The number of esters is 2. The van der Waals surface area contributed by atoms with Crippen molar-refractivity contribution < 1.29 is 54.9 Å². The molecule has 0 unspecified atom stereocenters. The first-order valence-corrected chi connectivity index (χ1v) is 13.7. The summed E-state index contributed by atoms with van der Waals surface area (Å²) in [6.45, 7) is 1.86. The lowest BCUT2D eigenvalue weighted by Crippen LogP contribution is -2.28. The van der Waals surface area contributed by atoms with E-state index < -0.39 is 80.0 Å². The van der Waals surface area contributed by atoms with Crippen molar-refractivity contribution in [1.82, 2.24) is 14.8 Å². The van der Waals surface area contributed by atoms with E-state index in [2.05, 4.69) is 10.2 Å². The largest absolute Gasteiger partial charge is 0.493 e. The Bertz CT molecular complexity index is 1370. The van der Waals surface area contributed by atoms with Crippen molar-refractivity contribution in [3.05, 3.63) is 29.0 Å². The Morgan fingerprint density at radius 1 is 0.973 bits per heavy atom. The molecule has 37 heavy (non-hydrogen) atoms. The fraction of sp³-hybridized carbons (Fsp3) is 0.421. The number of hydrogen-bond donors (Lipinski definition) is 3. The van der Waals surface area contributed by atoms with Crippen LogP contribution >= 0.6 is 0 Å². The second-order valence-electron chi connectivity index (χ2n) is 7.14. The van der Waals surface area contributed by atoms with Crippen LogP contribution in [-0.2, 0) is 45.8 Å². The molecule has 0 aromatic carbocycles. The molecule has 18 heteroatoms. The minimum Gasteiger partial charge on any atom is -0.493 e. The van der Waals surface area contributed by atoms with Crippen molar-refractivity contribution in [2.75, 3.05) is 31.3 Å². The Labute approximate surface area is 211 Å². The van der Waals surface area contributed by atoms with Gasteiger partial charge in [-0.25, -0.2) is 19.3 Å². The van der Waals surface area contributed by atoms with E-state index in [0.29, 0.717) is 5.01 Å². The van der Waals surface area contributed by atoms with Gasteiger partial charge in [-0.2, -0.15) is 27.0 Å². The van der Waals surface area contributed by atoms with Gasteiger partial charge in [0.1, 0.15) is 0 Å². The number of ether oxygens (including phenoxy) is 2. The third-order valence-electron chi connectivity index (χ3n) is 4.49. The van der Waals surface area contributed by atoms with E-state index in [4.69, 9.17) is 18.6 Å². The maximum Gasteiger partial charge on any atom is 0.359 e. The van der Waals surface area contributed by atoms with Gasteiger partial charge in [0.25, 0.3) is 26.1 Å². The molecule has 1 aromatic rings. The van der Waals surface area contributed by atoms with Crippen molar-refractivity contribution in [3.63, 3.8) is 0 Å². The summed E-state index contributed by atoms with van der Waals surface area (Å²) in [5.74, 6) is -5.16. The normalized spacial score (nSPS) is 15.5. The summed E-state index contributed by atoms with van der Waals surface area (Å²) in [4.78, 5) is 37.2. The molecule has 0 fully saturated rings. The predicted octanol–water partition coefficient (Wildman–Crippen LogP) is -0.758. The third-order valence-corrected chi connectivity index (χ3v) is 5.88. The van der Waals surface area contributed by atoms with Crippen LogP contribution in [0, 0.1) is 0 Å². The van der Waals surface area contributed by atoms with Gasteiger partial charge < -0.3 is 14.6 Å². The smallest absolute Gasteiger partial charge is 0.359 e. The van der Waals surface area contributed by atoms with E-state index >= 15 is 0 Å². The first-order chi connectivity index (χ1) is 17.2. The summed E-state index contributed by atoms with van der Waals surface area (Å²) in [6.07, 6.45) is 3.33. The van der Waals surface area contributed by atoms with Crippen LogP contribution in [0.5, 0.6) is 5.88 Å². The SMILES string of the molecule is CCOC(=O)C1=NN(CCS(=O)(=O)O)C(=O)C1=CC=Cc1c(C(=O)OCC)nn(CCS(=O)(=O)O)c1O. The number of hydrogen-bond acceptors (Lipinski definition) is 12. The summed E-state index contributed by atoms with van der Waals surface area (Å²) < 4.78 is 72.5. The summed E-state index contributed by atoms with van der Waals surface area (Å²) >= 11 is 0. The molecule has 1 aliphatic heterocycles. The van der Waals surface area contributed by atoms with Crippen molar-refractivity contribution in [2.24, 2.45) is 5.10 Å². The Morgan fingerprint density at radius 3 is 2.11 bits per heavy atom. The van der Waals surface area contributed by atoms with Crippen LogP contribution < -0.4 is 0 Å². The molecule has 0 spiro atoms. The fourth-order valence-electron chi connectivity index (χ4n) is 2.88. The van der Waals surface area contributed by atoms with E-state index in [1.54, 1.807) is 0 Å². The number of aryl methyl sites for hydroxylation is 1. The second-order valence-corrected chi connectivity index (χ2v) is 10.3. The summed E-state index contributed by atoms with van der Waals surface area (Å²) in [7, 11) is -8.85. The lowest BCUT2D eigenvalue weighted by Gasteiger charge is -2.09. The highest BCUT2D eigenvalue weighted by molar-refractivity contribution is 7.86. The van der Waals surface area contributed by atoms with E-state index in [1.807, 2.05) is 0 Å². The van der Waals surface area contributed by atoms with Crippen LogP contribution in [0.2, 0.25) is 0 Å². The number of aromatic hydroxyl groups is 1. The average Bonchev–Trinajstić information content (AvgIpc) is 3.27. The molecule has 2 rings (SSSR count). The topological polar surface area (TPSA) is 232 Å². The lowest BCUT2D eigenvalue weighted by atomic mass is 10.1. The first-order valence-electron chi connectivity index (χ1n) is 10.5. The van der Waals surface area contributed by atoms with Gasteiger partial charge in [0.15, 0.2) is 11.4 Å². The minimum absolute atomic E-state index is 0.0437. The predicted molar refractivity (Wildman–Crippen MR) is 126 cm³/mol. The Morgan fingerprint density at radius 2 is 1.54 bits per heavy atom. The zero-order chi connectivity index (χ0) is 28.0. The van der Waals surface area contributed by atoms with Gasteiger partial charge in [0.2, 0.25) is 5.88 Å². The molecule has 0 saturated heterocycles. The van der Waals surface area contributed by atoms with Gasteiger partial charge in [-0.15, -0.1) is 0 Å².